The minimum Gasteiger partial charge on any atom is -0.373 e. The summed E-state index contributed by atoms with van der Waals surface area (Å²) in [6.45, 7) is 1.61. The minimum atomic E-state index is -0.0519. The Morgan fingerprint density at radius 2 is 1.84 bits per heavy atom. The summed E-state index contributed by atoms with van der Waals surface area (Å²) in [5, 5.41) is 3.36. The van der Waals surface area contributed by atoms with Crippen molar-refractivity contribution in [1.29, 1.82) is 0 Å². The molecule has 0 bridgehead atoms. The van der Waals surface area contributed by atoms with Crippen LogP contribution in [0.4, 0.5) is 5.82 Å². The van der Waals surface area contributed by atoms with E-state index in [4.69, 9.17) is 11.6 Å². The Labute approximate surface area is 119 Å². The highest BCUT2D eigenvalue weighted by atomic mass is 35.5. The standard InChI is InChI=1S/C14H20ClN3O/c1-16-12-8-7-11(15)13(17-12)14(19)18-9-5-3-2-4-6-10-18/h7-8H,2-6,9-10H2,1H3,(H,16,17). The van der Waals surface area contributed by atoms with Crippen molar-refractivity contribution in [2.75, 3.05) is 25.5 Å². The molecular weight excluding hydrogens is 262 g/mol. The molecule has 0 atom stereocenters. The molecule has 1 aromatic heterocycles. The number of nitrogens with one attached hydrogen (secondary N) is 1. The lowest BCUT2D eigenvalue weighted by Crippen LogP contribution is -2.34. The summed E-state index contributed by atoms with van der Waals surface area (Å²) < 4.78 is 0. The van der Waals surface area contributed by atoms with Gasteiger partial charge in [-0.3, -0.25) is 4.79 Å². The SMILES string of the molecule is CNc1ccc(Cl)c(C(=O)N2CCCCCCC2)n1. The number of carbonyl (C=O) groups excluding carboxylic acids is 1. The highest BCUT2D eigenvalue weighted by Crippen LogP contribution is 2.20. The summed E-state index contributed by atoms with van der Waals surface area (Å²) in [6.07, 6.45) is 5.80. The smallest absolute Gasteiger partial charge is 0.274 e. The summed E-state index contributed by atoms with van der Waals surface area (Å²) in [6, 6.07) is 3.49. The number of rotatable bonds is 2. The van der Waals surface area contributed by atoms with Crippen LogP contribution in [0.25, 0.3) is 0 Å². The monoisotopic (exact) mass is 281 g/mol. The van der Waals surface area contributed by atoms with Gasteiger partial charge >= 0.3 is 0 Å². The molecule has 5 heteroatoms. The third kappa shape index (κ3) is 3.60. The highest BCUT2D eigenvalue weighted by molar-refractivity contribution is 6.33. The van der Waals surface area contributed by atoms with Gasteiger partial charge in [0.15, 0.2) is 0 Å². The molecule has 0 aliphatic carbocycles. The van der Waals surface area contributed by atoms with Crippen LogP contribution in [0.3, 0.4) is 0 Å². The molecule has 0 saturated carbocycles. The van der Waals surface area contributed by atoms with E-state index in [9.17, 15) is 4.79 Å². The molecule has 1 aromatic rings. The first-order valence-electron chi connectivity index (χ1n) is 6.86. The number of hydrogen-bond acceptors (Lipinski definition) is 3. The molecule has 2 rings (SSSR count). The molecule has 2 heterocycles. The topological polar surface area (TPSA) is 45.2 Å². The van der Waals surface area contributed by atoms with E-state index in [1.54, 1.807) is 19.2 Å². The van der Waals surface area contributed by atoms with Crippen molar-refractivity contribution in [2.24, 2.45) is 0 Å². The van der Waals surface area contributed by atoms with Gasteiger partial charge in [0.25, 0.3) is 5.91 Å². The Hall–Kier alpha value is -1.29. The zero-order chi connectivity index (χ0) is 13.7. The summed E-state index contributed by atoms with van der Waals surface area (Å²) >= 11 is 6.10. The molecule has 19 heavy (non-hydrogen) atoms. The Morgan fingerprint density at radius 1 is 1.21 bits per heavy atom. The molecule has 1 aliphatic heterocycles. The van der Waals surface area contributed by atoms with E-state index in [0.29, 0.717) is 16.5 Å². The first-order chi connectivity index (χ1) is 9.22. The van der Waals surface area contributed by atoms with Crippen LogP contribution in [0, 0.1) is 0 Å². The lowest BCUT2D eigenvalue weighted by atomic mass is 10.1. The van der Waals surface area contributed by atoms with E-state index in [2.05, 4.69) is 10.3 Å². The van der Waals surface area contributed by atoms with Gasteiger partial charge in [-0.1, -0.05) is 30.9 Å². The highest BCUT2D eigenvalue weighted by Gasteiger charge is 2.20. The van der Waals surface area contributed by atoms with E-state index in [-0.39, 0.29) is 5.91 Å². The Morgan fingerprint density at radius 3 is 2.47 bits per heavy atom. The van der Waals surface area contributed by atoms with Crippen LogP contribution in [0.15, 0.2) is 12.1 Å². The van der Waals surface area contributed by atoms with Gasteiger partial charge in [0, 0.05) is 20.1 Å². The van der Waals surface area contributed by atoms with Crippen LogP contribution in [0.1, 0.15) is 42.6 Å². The van der Waals surface area contributed by atoms with Crippen LogP contribution >= 0.6 is 11.6 Å². The average Bonchev–Trinajstić information content (AvgIpc) is 2.38. The van der Waals surface area contributed by atoms with Crippen molar-refractivity contribution >= 4 is 23.3 Å². The number of aromatic nitrogens is 1. The normalized spacial score (nSPS) is 16.6. The summed E-state index contributed by atoms with van der Waals surface area (Å²) in [5.41, 5.74) is 0.356. The average molecular weight is 282 g/mol. The van der Waals surface area contributed by atoms with Gasteiger partial charge in [0.05, 0.1) is 5.02 Å². The van der Waals surface area contributed by atoms with Gasteiger partial charge in [0.2, 0.25) is 0 Å². The Kier molecular flexibility index (Phi) is 5.02. The molecule has 0 unspecified atom stereocenters. The fraction of sp³-hybridized carbons (Fsp3) is 0.571. The van der Waals surface area contributed by atoms with Crippen LogP contribution in [-0.2, 0) is 0 Å². The number of nitrogens with zero attached hydrogens (tertiary/aromatic N) is 2. The van der Waals surface area contributed by atoms with Crippen molar-refractivity contribution < 1.29 is 4.79 Å². The number of pyridine rings is 1. The Bertz CT molecular complexity index is 442. The molecule has 1 saturated heterocycles. The molecule has 0 radical (unpaired) electrons. The maximum absolute atomic E-state index is 12.5. The molecular formula is C14H20ClN3O. The molecule has 1 aliphatic rings. The van der Waals surface area contributed by atoms with Gasteiger partial charge in [-0.2, -0.15) is 0 Å². The predicted molar refractivity (Wildman–Crippen MR) is 77.8 cm³/mol. The van der Waals surface area contributed by atoms with Crippen molar-refractivity contribution in [1.82, 2.24) is 9.88 Å². The van der Waals surface area contributed by atoms with Crippen LogP contribution in [-0.4, -0.2) is 35.9 Å². The van der Waals surface area contributed by atoms with E-state index in [0.717, 1.165) is 25.9 Å². The van der Waals surface area contributed by atoms with Gasteiger partial charge in [-0.05, 0) is 25.0 Å². The van der Waals surface area contributed by atoms with Crippen LogP contribution < -0.4 is 5.32 Å². The third-order valence-electron chi connectivity index (χ3n) is 3.45. The Balaban J connectivity index is 2.17. The predicted octanol–water partition coefficient (Wildman–Crippen LogP) is 3.18. The lowest BCUT2D eigenvalue weighted by molar-refractivity contribution is 0.0737. The third-order valence-corrected chi connectivity index (χ3v) is 3.75. The van der Waals surface area contributed by atoms with Crippen LogP contribution in [0.2, 0.25) is 5.02 Å². The second-order valence-corrected chi connectivity index (χ2v) is 5.24. The summed E-state index contributed by atoms with van der Waals surface area (Å²) in [5.74, 6) is 0.615. The van der Waals surface area contributed by atoms with Gasteiger partial charge < -0.3 is 10.2 Å². The molecule has 0 spiro atoms. The van der Waals surface area contributed by atoms with Gasteiger partial charge in [0.1, 0.15) is 11.5 Å². The number of carbonyl (C=O) groups is 1. The van der Waals surface area contributed by atoms with Crippen molar-refractivity contribution in [3.05, 3.63) is 22.8 Å². The lowest BCUT2D eigenvalue weighted by Gasteiger charge is -2.24. The molecule has 1 amide bonds. The second kappa shape index (κ2) is 6.75. The van der Waals surface area contributed by atoms with Crippen LogP contribution in [0.5, 0.6) is 0 Å². The molecule has 1 fully saturated rings. The van der Waals surface area contributed by atoms with E-state index in [1.807, 2.05) is 4.90 Å². The number of anilines is 1. The maximum atomic E-state index is 12.5. The van der Waals surface area contributed by atoms with E-state index < -0.39 is 0 Å². The fourth-order valence-electron chi connectivity index (χ4n) is 2.33. The first kappa shape index (κ1) is 14.1. The largest absolute Gasteiger partial charge is 0.373 e. The number of hydrogen-bond donors (Lipinski definition) is 1. The summed E-state index contributed by atoms with van der Waals surface area (Å²) in [4.78, 5) is 18.7. The zero-order valence-electron chi connectivity index (χ0n) is 11.3. The maximum Gasteiger partial charge on any atom is 0.274 e. The summed E-state index contributed by atoms with van der Waals surface area (Å²) in [7, 11) is 1.78. The molecule has 1 N–H and O–H groups in total. The van der Waals surface area contributed by atoms with Crippen molar-refractivity contribution in [3.8, 4) is 0 Å². The molecule has 4 nitrogen and oxygen atoms in total. The van der Waals surface area contributed by atoms with Gasteiger partial charge in [-0.15, -0.1) is 0 Å². The number of halogens is 1. The second-order valence-electron chi connectivity index (χ2n) is 4.84. The van der Waals surface area contributed by atoms with E-state index in [1.165, 1.54) is 19.3 Å². The first-order valence-corrected chi connectivity index (χ1v) is 7.24. The molecule has 0 aromatic carbocycles. The number of likely N-dealkylation sites (tertiary alicyclic amines) is 1. The van der Waals surface area contributed by atoms with E-state index >= 15 is 0 Å². The van der Waals surface area contributed by atoms with Crippen molar-refractivity contribution in [3.63, 3.8) is 0 Å². The fourth-order valence-corrected chi connectivity index (χ4v) is 2.52. The quantitative estimate of drug-likeness (QED) is 0.905. The minimum absolute atomic E-state index is 0.0519. The van der Waals surface area contributed by atoms with Gasteiger partial charge in [-0.25, -0.2) is 4.98 Å². The van der Waals surface area contributed by atoms with Crippen molar-refractivity contribution in [2.45, 2.75) is 32.1 Å². The number of amides is 1. The molecule has 104 valence electrons. The zero-order valence-corrected chi connectivity index (χ0v) is 12.0.